The molecule has 2 saturated heterocycles. The maximum Gasteiger partial charge on any atom is 0.238 e. The van der Waals surface area contributed by atoms with Crippen LogP contribution in [-0.2, 0) is 11.3 Å². The Labute approximate surface area is 205 Å². The molecule has 6 nitrogen and oxygen atoms in total. The van der Waals surface area contributed by atoms with Crippen molar-refractivity contribution in [1.29, 1.82) is 0 Å². The van der Waals surface area contributed by atoms with E-state index < -0.39 is 6.10 Å². The van der Waals surface area contributed by atoms with E-state index in [0.29, 0.717) is 6.54 Å². The van der Waals surface area contributed by atoms with Gasteiger partial charge in [-0.2, -0.15) is 0 Å². The molecule has 1 aromatic heterocycles. The third-order valence-electron chi connectivity index (χ3n) is 7.22. The summed E-state index contributed by atoms with van der Waals surface area (Å²) in [5.74, 6) is -0.0534. The highest BCUT2D eigenvalue weighted by atomic mass is 32.1. The number of carbonyl (C=O) groups is 1. The van der Waals surface area contributed by atoms with E-state index in [4.69, 9.17) is 0 Å². The van der Waals surface area contributed by atoms with Crippen molar-refractivity contribution in [3.05, 3.63) is 70.5 Å². The van der Waals surface area contributed by atoms with E-state index in [1.54, 1.807) is 11.3 Å². The third kappa shape index (κ3) is 4.93. The normalized spacial score (nSPS) is 23.4. The molecule has 2 fully saturated rings. The quantitative estimate of drug-likeness (QED) is 0.559. The fraction of sp³-hybridized carbons (Fsp3) is 0.407. The third-order valence-corrected chi connectivity index (χ3v) is 8.00. The number of thiazole rings is 1. The number of hydrogen-bond donors (Lipinski definition) is 2. The van der Waals surface area contributed by atoms with Crippen LogP contribution in [0.25, 0.3) is 11.3 Å². The van der Waals surface area contributed by atoms with E-state index in [0.717, 1.165) is 60.8 Å². The molecular weight excluding hydrogens is 444 g/mol. The van der Waals surface area contributed by atoms with Crippen LogP contribution < -0.4 is 5.32 Å². The molecule has 34 heavy (non-hydrogen) atoms. The zero-order valence-corrected chi connectivity index (χ0v) is 20.4. The number of β-amino-alcohol motifs (C(OH)–C–C–N with tert-alkyl or cyclic N) is 1. The monoisotopic (exact) mass is 476 g/mol. The minimum atomic E-state index is -0.462. The fourth-order valence-corrected chi connectivity index (χ4v) is 6.10. The number of likely N-dealkylation sites (tertiary alicyclic amines) is 2. The van der Waals surface area contributed by atoms with E-state index in [1.165, 1.54) is 5.56 Å². The van der Waals surface area contributed by atoms with E-state index in [2.05, 4.69) is 44.4 Å². The molecule has 0 aliphatic carbocycles. The van der Waals surface area contributed by atoms with Crippen molar-refractivity contribution in [2.24, 2.45) is 0 Å². The Hall–Kier alpha value is -2.58. The van der Waals surface area contributed by atoms with Crippen molar-refractivity contribution in [3.8, 4) is 11.3 Å². The van der Waals surface area contributed by atoms with Crippen LogP contribution in [0.2, 0.25) is 0 Å². The lowest BCUT2D eigenvalue weighted by molar-refractivity contribution is -0.120. The van der Waals surface area contributed by atoms with Crippen LogP contribution in [0.3, 0.4) is 0 Å². The number of amides is 1. The van der Waals surface area contributed by atoms with Gasteiger partial charge in [0.2, 0.25) is 5.91 Å². The Morgan fingerprint density at radius 2 is 2.03 bits per heavy atom. The standard InChI is InChI=1S/C27H32N4O2S/c1-20-28-24(19-34-20)22-9-5-10-23(15-22)29-26(33)18-30-14-12-27(25(32)17-30)11-6-13-31(27)16-21-7-3-2-4-8-21/h2-5,7-10,15,19,25,32H,6,11-14,16-18H2,1H3,(H,29,33)/t25-,27-/m0/s1. The smallest absolute Gasteiger partial charge is 0.238 e. The zero-order chi connectivity index (χ0) is 23.5. The molecule has 0 saturated carbocycles. The first-order valence-electron chi connectivity index (χ1n) is 12.0. The van der Waals surface area contributed by atoms with Crippen LogP contribution in [0.1, 0.15) is 29.8 Å². The van der Waals surface area contributed by atoms with Gasteiger partial charge in [0.15, 0.2) is 0 Å². The lowest BCUT2D eigenvalue weighted by atomic mass is 9.82. The van der Waals surface area contributed by atoms with Crippen molar-refractivity contribution in [2.75, 3.05) is 31.5 Å². The molecule has 0 bridgehead atoms. The number of aliphatic hydroxyl groups excluding tert-OH is 1. The van der Waals surface area contributed by atoms with Gasteiger partial charge in [-0.25, -0.2) is 4.98 Å². The number of aromatic nitrogens is 1. The average molecular weight is 477 g/mol. The van der Waals surface area contributed by atoms with Gasteiger partial charge in [0.05, 0.1) is 23.4 Å². The summed E-state index contributed by atoms with van der Waals surface area (Å²) >= 11 is 1.62. The van der Waals surface area contributed by atoms with Crippen molar-refractivity contribution >= 4 is 22.9 Å². The number of anilines is 1. The van der Waals surface area contributed by atoms with Crippen molar-refractivity contribution in [1.82, 2.24) is 14.8 Å². The fourth-order valence-electron chi connectivity index (χ4n) is 5.48. The highest BCUT2D eigenvalue weighted by Crippen LogP contribution is 2.39. The van der Waals surface area contributed by atoms with Crippen molar-refractivity contribution < 1.29 is 9.90 Å². The lowest BCUT2D eigenvalue weighted by Crippen LogP contribution is -2.61. The first kappa shape index (κ1) is 23.2. The van der Waals surface area contributed by atoms with Gasteiger partial charge < -0.3 is 10.4 Å². The number of benzene rings is 2. The summed E-state index contributed by atoms with van der Waals surface area (Å²) in [6, 6.07) is 18.3. The molecule has 2 atom stereocenters. The Kier molecular flexibility index (Phi) is 6.79. The van der Waals surface area contributed by atoms with Crippen LogP contribution in [-0.4, -0.2) is 63.6 Å². The molecule has 2 N–H and O–H groups in total. The van der Waals surface area contributed by atoms with Gasteiger partial charge in [-0.1, -0.05) is 42.5 Å². The molecule has 2 aliphatic heterocycles. The summed E-state index contributed by atoms with van der Waals surface area (Å²) in [6.45, 7) is 5.49. The lowest BCUT2D eigenvalue weighted by Gasteiger charge is -2.48. The minimum Gasteiger partial charge on any atom is -0.390 e. The Morgan fingerprint density at radius 1 is 1.18 bits per heavy atom. The molecular formula is C27H32N4O2S. The highest BCUT2D eigenvalue weighted by Gasteiger charge is 2.49. The number of aliphatic hydroxyl groups is 1. The van der Waals surface area contributed by atoms with Gasteiger partial charge in [0.1, 0.15) is 0 Å². The van der Waals surface area contributed by atoms with Crippen LogP contribution in [0.4, 0.5) is 5.69 Å². The van der Waals surface area contributed by atoms with Crippen molar-refractivity contribution in [2.45, 2.75) is 44.4 Å². The highest BCUT2D eigenvalue weighted by molar-refractivity contribution is 7.09. The van der Waals surface area contributed by atoms with Gasteiger partial charge in [0, 0.05) is 41.8 Å². The number of hydrogen-bond acceptors (Lipinski definition) is 6. The Bertz CT molecular complexity index is 1130. The van der Waals surface area contributed by atoms with Gasteiger partial charge in [0.25, 0.3) is 0 Å². The van der Waals surface area contributed by atoms with Crippen LogP contribution in [0.5, 0.6) is 0 Å². The predicted molar refractivity (Wildman–Crippen MR) is 137 cm³/mol. The maximum atomic E-state index is 12.8. The second-order valence-electron chi connectivity index (χ2n) is 9.50. The molecule has 7 heteroatoms. The molecule has 3 heterocycles. The van der Waals surface area contributed by atoms with Crippen LogP contribution in [0.15, 0.2) is 60.0 Å². The number of aryl methyl sites for hydroxylation is 1. The summed E-state index contributed by atoms with van der Waals surface area (Å²) in [7, 11) is 0. The molecule has 1 spiro atoms. The first-order chi connectivity index (χ1) is 16.5. The van der Waals surface area contributed by atoms with E-state index >= 15 is 0 Å². The zero-order valence-electron chi connectivity index (χ0n) is 19.6. The number of rotatable bonds is 6. The Balaban J connectivity index is 1.18. The molecule has 0 radical (unpaired) electrons. The van der Waals surface area contributed by atoms with E-state index in [9.17, 15) is 9.90 Å². The maximum absolute atomic E-state index is 12.8. The largest absolute Gasteiger partial charge is 0.390 e. The second kappa shape index (κ2) is 9.96. The van der Waals surface area contributed by atoms with E-state index in [-0.39, 0.29) is 18.0 Å². The molecule has 1 amide bonds. The van der Waals surface area contributed by atoms with Gasteiger partial charge in [-0.15, -0.1) is 11.3 Å². The number of nitrogens with zero attached hydrogens (tertiary/aromatic N) is 3. The first-order valence-corrected chi connectivity index (χ1v) is 12.9. The minimum absolute atomic E-state index is 0.0534. The molecule has 5 rings (SSSR count). The Morgan fingerprint density at radius 3 is 2.79 bits per heavy atom. The second-order valence-corrected chi connectivity index (χ2v) is 10.6. The molecule has 2 aliphatic rings. The van der Waals surface area contributed by atoms with Gasteiger partial charge in [-0.05, 0) is 50.4 Å². The topological polar surface area (TPSA) is 68.7 Å². The SMILES string of the molecule is Cc1nc(-c2cccc(NC(=O)CN3CC[C@@]4(CCCN4Cc4ccccc4)[C@@H](O)C3)c2)cs1. The summed E-state index contributed by atoms with van der Waals surface area (Å²) in [6.07, 6.45) is 2.55. The van der Waals surface area contributed by atoms with Crippen LogP contribution >= 0.6 is 11.3 Å². The van der Waals surface area contributed by atoms with Gasteiger partial charge in [-0.3, -0.25) is 14.6 Å². The molecule has 2 aromatic carbocycles. The summed E-state index contributed by atoms with van der Waals surface area (Å²) in [4.78, 5) is 21.9. The summed E-state index contributed by atoms with van der Waals surface area (Å²) in [5, 5.41) is 17.3. The molecule has 0 unspecified atom stereocenters. The molecule has 3 aromatic rings. The van der Waals surface area contributed by atoms with E-state index in [1.807, 2.05) is 42.6 Å². The predicted octanol–water partition coefficient (Wildman–Crippen LogP) is 4.16. The average Bonchev–Trinajstić information content (AvgIpc) is 3.44. The molecule has 178 valence electrons. The summed E-state index contributed by atoms with van der Waals surface area (Å²) < 4.78 is 0. The number of carbonyl (C=O) groups excluding carboxylic acids is 1. The van der Waals surface area contributed by atoms with Crippen LogP contribution in [0, 0.1) is 6.92 Å². The van der Waals surface area contributed by atoms with Crippen molar-refractivity contribution in [3.63, 3.8) is 0 Å². The summed E-state index contributed by atoms with van der Waals surface area (Å²) in [5.41, 5.74) is 3.81. The number of nitrogens with one attached hydrogen (secondary N) is 1. The van der Waals surface area contributed by atoms with Gasteiger partial charge >= 0.3 is 0 Å². The number of piperidine rings is 1.